The van der Waals surface area contributed by atoms with Gasteiger partial charge in [0.25, 0.3) is 0 Å². The minimum absolute atomic E-state index is 0.103. The van der Waals surface area contributed by atoms with Crippen LogP contribution in [0.5, 0.6) is 0 Å². The summed E-state index contributed by atoms with van der Waals surface area (Å²) in [6, 6.07) is 0.180. The van der Waals surface area contributed by atoms with Crippen LogP contribution in [0.1, 0.15) is 72.6 Å². The molecule has 3 N–H and O–H groups in total. The van der Waals surface area contributed by atoms with Crippen LogP contribution in [0.3, 0.4) is 0 Å². The summed E-state index contributed by atoms with van der Waals surface area (Å²) >= 11 is 0. The smallest absolute Gasteiger partial charge is 0.408 e. The maximum atomic E-state index is 12.0. The first-order valence-corrected chi connectivity index (χ1v) is 7.49. The van der Waals surface area contributed by atoms with Crippen molar-refractivity contribution in [2.24, 2.45) is 5.73 Å². The third-order valence-corrected chi connectivity index (χ3v) is 3.66. The molecule has 0 aromatic heterocycles. The molecule has 0 radical (unpaired) electrons. The minimum Gasteiger partial charge on any atom is -0.444 e. The molecule has 112 valence electrons. The van der Waals surface area contributed by atoms with Crippen molar-refractivity contribution in [3.63, 3.8) is 0 Å². The summed E-state index contributed by atoms with van der Waals surface area (Å²) in [5, 5.41) is 3.13. The molecule has 0 bridgehead atoms. The summed E-state index contributed by atoms with van der Waals surface area (Å²) in [6.07, 6.45) is 7.29. The number of alkyl carbamates (subject to hydrolysis) is 1. The normalized spacial score (nSPS) is 20.7. The van der Waals surface area contributed by atoms with Gasteiger partial charge in [-0.1, -0.05) is 19.3 Å². The zero-order valence-corrected chi connectivity index (χ0v) is 12.9. The van der Waals surface area contributed by atoms with Crippen LogP contribution in [0.4, 0.5) is 4.79 Å². The van der Waals surface area contributed by atoms with Crippen molar-refractivity contribution in [2.75, 3.05) is 0 Å². The predicted octanol–water partition coefficient (Wildman–Crippen LogP) is 3.34. The number of hydrogen-bond donors (Lipinski definition) is 2. The highest BCUT2D eigenvalue weighted by Crippen LogP contribution is 2.32. The number of hydrogen-bond acceptors (Lipinski definition) is 3. The van der Waals surface area contributed by atoms with Gasteiger partial charge in [0.1, 0.15) is 5.60 Å². The van der Waals surface area contributed by atoms with Crippen LogP contribution in [0.15, 0.2) is 0 Å². The Kier molecular flexibility index (Phi) is 5.65. The Balaban J connectivity index is 2.60. The Morgan fingerprint density at radius 3 is 2.37 bits per heavy atom. The van der Waals surface area contributed by atoms with Crippen molar-refractivity contribution in [1.29, 1.82) is 0 Å². The van der Waals surface area contributed by atoms with Crippen LogP contribution in [0, 0.1) is 0 Å². The topological polar surface area (TPSA) is 64.3 Å². The van der Waals surface area contributed by atoms with Gasteiger partial charge in [0.15, 0.2) is 0 Å². The van der Waals surface area contributed by atoms with E-state index in [1.807, 2.05) is 27.7 Å². The highest BCUT2D eigenvalue weighted by Gasteiger charge is 2.34. The number of nitrogens with two attached hydrogens (primary N) is 1. The van der Waals surface area contributed by atoms with Gasteiger partial charge < -0.3 is 15.8 Å². The molecular formula is C15H30N2O2. The van der Waals surface area contributed by atoms with E-state index >= 15 is 0 Å². The van der Waals surface area contributed by atoms with Crippen LogP contribution in [-0.4, -0.2) is 23.3 Å². The van der Waals surface area contributed by atoms with Crippen molar-refractivity contribution in [1.82, 2.24) is 5.32 Å². The first-order valence-electron chi connectivity index (χ1n) is 7.49. The lowest BCUT2D eigenvalue weighted by Crippen LogP contribution is -2.51. The molecule has 1 atom stereocenters. The highest BCUT2D eigenvalue weighted by atomic mass is 16.6. The molecule has 0 heterocycles. The summed E-state index contributed by atoms with van der Waals surface area (Å²) in [5.74, 6) is 0. The first-order chi connectivity index (χ1) is 8.72. The van der Waals surface area contributed by atoms with Gasteiger partial charge >= 0.3 is 6.09 Å². The molecule has 1 saturated carbocycles. The van der Waals surface area contributed by atoms with Gasteiger partial charge in [-0.2, -0.15) is 0 Å². The maximum Gasteiger partial charge on any atom is 0.408 e. The standard InChI is InChI=1S/C15H30N2O2/c1-12(16)8-11-15(9-6-5-7-10-15)17-13(18)19-14(2,3)4/h12H,5-11,16H2,1-4H3,(H,17,18)/t12-/m1/s1. The van der Waals surface area contributed by atoms with E-state index in [-0.39, 0.29) is 17.7 Å². The molecule has 1 amide bonds. The summed E-state index contributed by atoms with van der Waals surface area (Å²) in [6.45, 7) is 7.69. The Morgan fingerprint density at radius 2 is 1.89 bits per heavy atom. The molecule has 0 aromatic rings. The van der Waals surface area contributed by atoms with Crippen LogP contribution in [0.25, 0.3) is 0 Å². The van der Waals surface area contributed by atoms with E-state index in [0.29, 0.717) is 0 Å². The van der Waals surface area contributed by atoms with E-state index < -0.39 is 5.60 Å². The molecule has 4 nitrogen and oxygen atoms in total. The zero-order chi connectivity index (χ0) is 14.5. The second kappa shape index (κ2) is 6.60. The molecule has 1 aliphatic carbocycles. The lowest BCUT2D eigenvalue weighted by Gasteiger charge is -2.39. The second-order valence-electron chi connectivity index (χ2n) is 6.98. The number of carbonyl (C=O) groups excluding carboxylic acids is 1. The molecule has 0 aromatic carbocycles. The fraction of sp³-hybridized carbons (Fsp3) is 0.933. The number of ether oxygens (including phenoxy) is 1. The third kappa shape index (κ3) is 6.28. The number of rotatable bonds is 4. The first kappa shape index (κ1) is 16.3. The summed E-state index contributed by atoms with van der Waals surface area (Å²) in [5.41, 5.74) is 5.31. The van der Waals surface area contributed by atoms with E-state index in [9.17, 15) is 4.79 Å². The molecule has 1 rings (SSSR count). The van der Waals surface area contributed by atoms with Crippen molar-refractivity contribution in [3.05, 3.63) is 0 Å². The molecular weight excluding hydrogens is 240 g/mol. The molecule has 19 heavy (non-hydrogen) atoms. The Labute approximate surface area is 117 Å². The molecule has 0 aliphatic heterocycles. The average molecular weight is 270 g/mol. The molecule has 4 heteroatoms. The van der Waals surface area contributed by atoms with E-state index in [1.54, 1.807) is 0 Å². The monoisotopic (exact) mass is 270 g/mol. The van der Waals surface area contributed by atoms with Crippen molar-refractivity contribution >= 4 is 6.09 Å². The number of amides is 1. The van der Waals surface area contributed by atoms with Crippen molar-refractivity contribution in [3.8, 4) is 0 Å². The van der Waals surface area contributed by atoms with Gasteiger partial charge in [0.05, 0.1) is 0 Å². The number of carbonyl (C=O) groups is 1. The van der Waals surface area contributed by atoms with E-state index in [2.05, 4.69) is 5.32 Å². The molecule has 0 spiro atoms. The highest BCUT2D eigenvalue weighted by molar-refractivity contribution is 5.68. The Morgan fingerprint density at radius 1 is 1.32 bits per heavy atom. The summed E-state index contributed by atoms with van der Waals surface area (Å²) < 4.78 is 5.39. The fourth-order valence-electron chi connectivity index (χ4n) is 2.69. The van der Waals surface area contributed by atoms with Gasteiger partial charge in [0, 0.05) is 11.6 Å². The van der Waals surface area contributed by atoms with Crippen LogP contribution < -0.4 is 11.1 Å². The average Bonchev–Trinajstić information content (AvgIpc) is 2.25. The molecule has 0 unspecified atom stereocenters. The van der Waals surface area contributed by atoms with Crippen LogP contribution in [-0.2, 0) is 4.74 Å². The van der Waals surface area contributed by atoms with Gasteiger partial charge in [-0.3, -0.25) is 0 Å². The lowest BCUT2D eigenvalue weighted by molar-refractivity contribution is 0.0412. The largest absolute Gasteiger partial charge is 0.444 e. The Hall–Kier alpha value is -0.770. The van der Waals surface area contributed by atoms with E-state index in [0.717, 1.165) is 25.7 Å². The van der Waals surface area contributed by atoms with E-state index in [1.165, 1.54) is 19.3 Å². The number of nitrogens with one attached hydrogen (secondary N) is 1. The second-order valence-corrected chi connectivity index (χ2v) is 6.98. The third-order valence-electron chi connectivity index (χ3n) is 3.66. The van der Waals surface area contributed by atoms with Crippen LogP contribution in [0.2, 0.25) is 0 Å². The summed E-state index contributed by atoms with van der Waals surface area (Å²) in [7, 11) is 0. The lowest BCUT2D eigenvalue weighted by atomic mass is 9.78. The molecule has 1 aliphatic rings. The van der Waals surface area contributed by atoms with Gasteiger partial charge in [-0.25, -0.2) is 4.79 Å². The van der Waals surface area contributed by atoms with Crippen molar-refractivity contribution in [2.45, 2.75) is 89.8 Å². The van der Waals surface area contributed by atoms with Gasteiger partial charge in [-0.05, 0) is 53.4 Å². The molecule has 1 fully saturated rings. The molecule has 0 saturated heterocycles. The Bertz CT molecular complexity index is 289. The SMILES string of the molecule is C[C@@H](N)CCC1(NC(=O)OC(C)(C)C)CCCCC1. The zero-order valence-electron chi connectivity index (χ0n) is 12.9. The summed E-state index contributed by atoms with van der Waals surface area (Å²) in [4.78, 5) is 12.0. The van der Waals surface area contributed by atoms with E-state index in [4.69, 9.17) is 10.5 Å². The van der Waals surface area contributed by atoms with Crippen molar-refractivity contribution < 1.29 is 9.53 Å². The van der Waals surface area contributed by atoms with Gasteiger partial charge in [0.2, 0.25) is 0 Å². The van der Waals surface area contributed by atoms with Crippen LogP contribution >= 0.6 is 0 Å². The minimum atomic E-state index is -0.443. The quantitative estimate of drug-likeness (QED) is 0.823. The predicted molar refractivity (Wildman–Crippen MR) is 78.1 cm³/mol. The maximum absolute atomic E-state index is 12.0. The van der Waals surface area contributed by atoms with Gasteiger partial charge in [-0.15, -0.1) is 0 Å². The fourth-order valence-corrected chi connectivity index (χ4v) is 2.69.